The fourth-order valence-corrected chi connectivity index (χ4v) is 0.520. The van der Waals surface area contributed by atoms with Crippen LogP contribution in [0.5, 0.6) is 0 Å². The Bertz CT molecular complexity index is 160. The first-order valence-electron chi connectivity index (χ1n) is 2.46. The summed E-state index contributed by atoms with van der Waals surface area (Å²) in [5, 5.41) is 17.2. The van der Waals surface area contributed by atoms with E-state index in [-0.39, 0.29) is 6.42 Å². The second-order valence-corrected chi connectivity index (χ2v) is 1.72. The lowest BCUT2D eigenvalue weighted by Crippen LogP contribution is -2.21. The molecule has 50 valence electrons. The van der Waals surface area contributed by atoms with Gasteiger partial charge in [-0.2, -0.15) is 0 Å². The standard InChI is InChI=1S/C5H6O4/c6-3-1-5(8)9-2-4(3)7/h2,5,7-8H,1H2. The van der Waals surface area contributed by atoms with E-state index in [9.17, 15) is 4.79 Å². The average Bonchev–Trinajstić information content (AvgIpc) is 1.80. The van der Waals surface area contributed by atoms with Crippen molar-refractivity contribution in [3.63, 3.8) is 0 Å². The van der Waals surface area contributed by atoms with Crippen molar-refractivity contribution in [3.05, 3.63) is 12.0 Å². The summed E-state index contributed by atoms with van der Waals surface area (Å²) in [6.07, 6.45) is -0.410. The van der Waals surface area contributed by atoms with Gasteiger partial charge in [0.2, 0.25) is 12.1 Å². The number of ether oxygens (including phenoxy) is 1. The van der Waals surface area contributed by atoms with Crippen molar-refractivity contribution in [3.8, 4) is 0 Å². The Balaban J connectivity index is 2.68. The maximum absolute atomic E-state index is 10.4. The largest absolute Gasteiger partial charge is 0.502 e. The Hall–Kier alpha value is -1.03. The molecule has 1 aliphatic heterocycles. The summed E-state index contributed by atoms with van der Waals surface area (Å²) < 4.78 is 4.38. The molecule has 1 aliphatic rings. The van der Waals surface area contributed by atoms with E-state index in [1.807, 2.05) is 0 Å². The Kier molecular flexibility index (Phi) is 1.40. The summed E-state index contributed by atoms with van der Waals surface area (Å²) in [6, 6.07) is 0. The third kappa shape index (κ3) is 1.20. The summed E-state index contributed by atoms with van der Waals surface area (Å²) in [5.41, 5.74) is 0. The molecule has 2 N–H and O–H groups in total. The van der Waals surface area contributed by atoms with Gasteiger partial charge in [-0.15, -0.1) is 0 Å². The molecule has 0 radical (unpaired) electrons. The predicted molar refractivity (Wildman–Crippen MR) is 27.4 cm³/mol. The van der Waals surface area contributed by atoms with Crippen LogP contribution in [0.1, 0.15) is 6.42 Å². The monoisotopic (exact) mass is 130 g/mol. The van der Waals surface area contributed by atoms with Crippen molar-refractivity contribution in [1.29, 1.82) is 0 Å². The first-order valence-corrected chi connectivity index (χ1v) is 2.46. The van der Waals surface area contributed by atoms with Crippen LogP contribution in [0, 0.1) is 0 Å². The van der Waals surface area contributed by atoms with Gasteiger partial charge in [0.05, 0.1) is 6.42 Å². The van der Waals surface area contributed by atoms with Crippen LogP contribution >= 0.6 is 0 Å². The molecular formula is C5H6O4. The lowest BCUT2D eigenvalue weighted by molar-refractivity contribution is -0.132. The van der Waals surface area contributed by atoms with Crippen molar-refractivity contribution < 1.29 is 19.7 Å². The molecule has 0 aromatic carbocycles. The van der Waals surface area contributed by atoms with Gasteiger partial charge in [0.15, 0.2) is 5.76 Å². The van der Waals surface area contributed by atoms with Gasteiger partial charge in [0.1, 0.15) is 6.26 Å². The molecule has 9 heavy (non-hydrogen) atoms. The van der Waals surface area contributed by atoms with Crippen molar-refractivity contribution in [2.75, 3.05) is 0 Å². The normalized spacial score (nSPS) is 27.0. The summed E-state index contributed by atoms with van der Waals surface area (Å²) in [4.78, 5) is 10.4. The van der Waals surface area contributed by atoms with Gasteiger partial charge in [-0.25, -0.2) is 0 Å². The van der Waals surface area contributed by atoms with Gasteiger partial charge >= 0.3 is 0 Å². The molecule has 1 atom stereocenters. The number of ketones is 1. The van der Waals surface area contributed by atoms with E-state index in [4.69, 9.17) is 10.2 Å². The number of carbonyl (C=O) groups is 1. The van der Waals surface area contributed by atoms with E-state index < -0.39 is 17.8 Å². The molecule has 0 saturated heterocycles. The zero-order chi connectivity index (χ0) is 6.85. The highest BCUT2D eigenvalue weighted by Crippen LogP contribution is 2.08. The molecule has 4 nitrogen and oxygen atoms in total. The zero-order valence-electron chi connectivity index (χ0n) is 4.57. The van der Waals surface area contributed by atoms with Crippen molar-refractivity contribution in [2.45, 2.75) is 12.7 Å². The number of aliphatic hydroxyl groups excluding tert-OH is 2. The van der Waals surface area contributed by atoms with Gasteiger partial charge in [-0.3, -0.25) is 4.79 Å². The summed E-state index contributed by atoms with van der Waals surface area (Å²) >= 11 is 0. The van der Waals surface area contributed by atoms with Crippen LogP contribution in [0.3, 0.4) is 0 Å². The Morgan fingerprint density at radius 3 is 2.89 bits per heavy atom. The van der Waals surface area contributed by atoms with Crippen LogP contribution in [0.4, 0.5) is 0 Å². The SMILES string of the molecule is O=C1CC(O)OC=C1O. The highest BCUT2D eigenvalue weighted by atomic mass is 16.6. The Labute approximate surface area is 51.4 Å². The van der Waals surface area contributed by atoms with E-state index in [0.717, 1.165) is 6.26 Å². The molecule has 0 amide bonds. The summed E-state index contributed by atoms with van der Waals surface area (Å²) in [5.74, 6) is -0.922. The molecule has 0 aliphatic carbocycles. The number of rotatable bonds is 0. The molecule has 1 rings (SSSR count). The number of Topliss-reactive ketones (excluding diaryl/α,β-unsaturated/α-hetero) is 1. The predicted octanol–water partition coefficient (Wildman–Crippen LogP) is -0.306. The summed E-state index contributed by atoms with van der Waals surface area (Å²) in [7, 11) is 0. The molecule has 0 fully saturated rings. The molecule has 0 bridgehead atoms. The maximum atomic E-state index is 10.4. The van der Waals surface area contributed by atoms with Crippen LogP contribution in [-0.2, 0) is 9.53 Å². The number of allylic oxidation sites excluding steroid dienone is 1. The maximum Gasteiger partial charge on any atom is 0.206 e. The highest BCUT2D eigenvalue weighted by molar-refractivity contribution is 5.93. The Morgan fingerprint density at radius 1 is 1.78 bits per heavy atom. The summed E-state index contributed by atoms with van der Waals surface area (Å²) in [6.45, 7) is 0. The molecule has 0 saturated carbocycles. The molecular weight excluding hydrogens is 124 g/mol. The molecule has 1 unspecified atom stereocenters. The number of carbonyl (C=O) groups excluding carboxylic acids is 1. The highest BCUT2D eigenvalue weighted by Gasteiger charge is 2.19. The van der Waals surface area contributed by atoms with Crippen LogP contribution in [-0.4, -0.2) is 22.3 Å². The van der Waals surface area contributed by atoms with Gasteiger partial charge in [-0.05, 0) is 0 Å². The topological polar surface area (TPSA) is 66.8 Å². The molecule has 0 spiro atoms. The third-order valence-corrected chi connectivity index (χ3v) is 0.982. The number of aliphatic hydroxyl groups is 2. The van der Waals surface area contributed by atoms with E-state index in [0.29, 0.717) is 0 Å². The smallest absolute Gasteiger partial charge is 0.206 e. The minimum atomic E-state index is -1.09. The fraction of sp³-hybridized carbons (Fsp3) is 0.400. The van der Waals surface area contributed by atoms with E-state index in [1.165, 1.54) is 0 Å². The molecule has 0 aromatic heterocycles. The minimum absolute atomic E-state index is 0.164. The van der Waals surface area contributed by atoms with Crippen LogP contribution < -0.4 is 0 Å². The number of hydrogen-bond acceptors (Lipinski definition) is 4. The Morgan fingerprint density at radius 2 is 2.44 bits per heavy atom. The zero-order valence-corrected chi connectivity index (χ0v) is 4.57. The van der Waals surface area contributed by atoms with Gasteiger partial charge in [-0.1, -0.05) is 0 Å². The first-order chi connectivity index (χ1) is 4.20. The lowest BCUT2D eigenvalue weighted by Gasteiger charge is -2.13. The van der Waals surface area contributed by atoms with Gasteiger partial charge in [0.25, 0.3) is 0 Å². The quantitative estimate of drug-likeness (QED) is 0.472. The van der Waals surface area contributed by atoms with E-state index >= 15 is 0 Å². The minimum Gasteiger partial charge on any atom is -0.502 e. The van der Waals surface area contributed by atoms with Crippen molar-refractivity contribution >= 4 is 5.78 Å². The first kappa shape index (κ1) is 6.10. The van der Waals surface area contributed by atoms with E-state index in [1.54, 1.807) is 0 Å². The second-order valence-electron chi connectivity index (χ2n) is 1.72. The van der Waals surface area contributed by atoms with Crippen LogP contribution in [0.25, 0.3) is 0 Å². The van der Waals surface area contributed by atoms with Gasteiger partial charge in [0, 0.05) is 0 Å². The van der Waals surface area contributed by atoms with E-state index in [2.05, 4.69) is 4.74 Å². The fourth-order valence-electron chi connectivity index (χ4n) is 0.520. The van der Waals surface area contributed by atoms with Crippen molar-refractivity contribution in [2.24, 2.45) is 0 Å². The number of hydrogen-bond donors (Lipinski definition) is 2. The third-order valence-electron chi connectivity index (χ3n) is 0.982. The van der Waals surface area contributed by atoms with Gasteiger partial charge < -0.3 is 14.9 Å². The molecule has 0 aromatic rings. The average molecular weight is 130 g/mol. The molecule has 1 heterocycles. The van der Waals surface area contributed by atoms with Crippen LogP contribution in [0.2, 0.25) is 0 Å². The van der Waals surface area contributed by atoms with Crippen LogP contribution in [0.15, 0.2) is 12.0 Å². The lowest BCUT2D eigenvalue weighted by atomic mass is 10.2. The molecule has 4 heteroatoms. The second kappa shape index (κ2) is 2.06. The van der Waals surface area contributed by atoms with Crippen molar-refractivity contribution in [1.82, 2.24) is 0 Å².